The first-order chi connectivity index (χ1) is 16.1. The van der Waals surface area contributed by atoms with Gasteiger partial charge in [-0.15, -0.1) is 0 Å². The molecule has 4 rings (SSSR count). The fourth-order valence-corrected chi connectivity index (χ4v) is 4.25. The van der Waals surface area contributed by atoms with Gasteiger partial charge in [0.25, 0.3) is 0 Å². The third kappa shape index (κ3) is 5.46. The van der Waals surface area contributed by atoms with E-state index >= 15 is 0 Å². The number of carbonyl (C=O) groups excluding carboxylic acids is 1. The number of urea groups is 1. The highest BCUT2D eigenvalue weighted by Crippen LogP contribution is 2.30. The molecule has 0 spiro atoms. The van der Waals surface area contributed by atoms with Crippen molar-refractivity contribution in [3.8, 4) is 11.5 Å². The van der Waals surface area contributed by atoms with Gasteiger partial charge in [0.2, 0.25) is 0 Å². The molecule has 2 N–H and O–H groups in total. The number of hydrogen-bond donors (Lipinski definition) is 2. The van der Waals surface area contributed by atoms with E-state index in [4.69, 9.17) is 9.47 Å². The van der Waals surface area contributed by atoms with Crippen LogP contribution < -0.4 is 20.1 Å². The number of rotatable bonds is 7. The number of aromatic nitrogens is 2. The van der Waals surface area contributed by atoms with Crippen LogP contribution in [0.1, 0.15) is 30.0 Å². The van der Waals surface area contributed by atoms with E-state index in [1.54, 1.807) is 20.4 Å². The SMILES string of the molecule is COc1ccc(CN2CCC(n3nccc3NC(=O)Nc3ccccc3C)CC2)cc1OC. The number of aryl methyl sites for hydroxylation is 1. The fourth-order valence-electron chi connectivity index (χ4n) is 4.25. The minimum atomic E-state index is -0.267. The predicted molar refractivity (Wildman–Crippen MR) is 129 cm³/mol. The zero-order valence-electron chi connectivity index (χ0n) is 19.4. The van der Waals surface area contributed by atoms with Crippen LogP contribution in [0.4, 0.5) is 16.3 Å². The maximum absolute atomic E-state index is 12.5. The zero-order chi connectivity index (χ0) is 23.2. The Morgan fingerprint density at radius 3 is 2.52 bits per heavy atom. The van der Waals surface area contributed by atoms with Crippen LogP contribution in [0.2, 0.25) is 0 Å². The zero-order valence-corrected chi connectivity index (χ0v) is 19.4. The number of hydrogen-bond acceptors (Lipinski definition) is 5. The Hall–Kier alpha value is -3.52. The molecule has 0 unspecified atom stereocenters. The third-order valence-electron chi connectivity index (χ3n) is 6.06. The van der Waals surface area contributed by atoms with Crippen molar-refractivity contribution in [3.63, 3.8) is 0 Å². The molecule has 0 bridgehead atoms. The van der Waals surface area contributed by atoms with Crippen LogP contribution in [0.5, 0.6) is 11.5 Å². The molecule has 8 nitrogen and oxygen atoms in total. The second kappa shape index (κ2) is 10.4. The van der Waals surface area contributed by atoms with Gasteiger partial charge in [-0.2, -0.15) is 5.10 Å². The minimum absolute atomic E-state index is 0.246. The fraction of sp³-hybridized carbons (Fsp3) is 0.360. The van der Waals surface area contributed by atoms with Crippen molar-refractivity contribution in [2.45, 2.75) is 32.4 Å². The first kappa shape index (κ1) is 22.7. The summed E-state index contributed by atoms with van der Waals surface area (Å²) in [5.41, 5.74) is 3.01. The van der Waals surface area contributed by atoms with Crippen LogP contribution in [0.15, 0.2) is 54.7 Å². The summed E-state index contributed by atoms with van der Waals surface area (Å²) in [6, 6.07) is 15.6. The van der Waals surface area contributed by atoms with E-state index in [2.05, 4.69) is 26.7 Å². The smallest absolute Gasteiger partial charge is 0.324 e. The van der Waals surface area contributed by atoms with Crippen molar-refractivity contribution < 1.29 is 14.3 Å². The molecule has 33 heavy (non-hydrogen) atoms. The molecule has 2 heterocycles. The summed E-state index contributed by atoms with van der Waals surface area (Å²) in [4.78, 5) is 15.0. The summed E-state index contributed by atoms with van der Waals surface area (Å²) in [5, 5.41) is 10.4. The second-order valence-electron chi connectivity index (χ2n) is 8.25. The van der Waals surface area contributed by atoms with Gasteiger partial charge in [0.05, 0.1) is 26.5 Å². The van der Waals surface area contributed by atoms with E-state index in [1.165, 1.54) is 5.56 Å². The molecule has 0 atom stereocenters. The highest BCUT2D eigenvalue weighted by atomic mass is 16.5. The average molecular weight is 450 g/mol. The number of methoxy groups -OCH3 is 2. The van der Waals surface area contributed by atoms with Crippen molar-refractivity contribution >= 4 is 17.5 Å². The molecule has 0 aliphatic carbocycles. The molecule has 1 aromatic heterocycles. The molecule has 0 saturated carbocycles. The number of nitrogens with one attached hydrogen (secondary N) is 2. The summed E-state index contributed by atoms with van der Waals surface area (Å²) in [7, 11) is 3.30. The van der Waals surface area contributed by atoms with Crippen molar-refractivity contribution in [1.82, 2.24) is 14.7 Å². The number of carbonyl (C=O) groups is 1. The predicted octanol–water partition coefficient (Wildman–Crippen LogP) is 4.69. The second-order valence-corrected chi connectivity index (χ2v) is 8.25. The van der Waals surface area contributed by atoms with E-state index in [9.17, 15) is 4.79 Å². The molecule has 174 valence electrons. The number of amides is 2. The summed E-state index contributed by atoms with van der Waals surface area (Å²) >= 11 is 0. The Balaban J connectivity index is 1.33. The van der Waals surface area contributed by atoms with Gasteiger partial charge in [0.1, 0.15) is 5.82 Å². The highest BCUT2D eigenvalue weighted by molar-refractivity contribution is 5.99. The Morgan fingerprint density at radius 2 is 1.79 bits per heavy atom. The summed E-state index contributed by atoms with van der Waals surface area (Å²) in [6.07, 6.45) is 3.66. The topological polar surface area (TPSA) is 80.7 Å². The van der Waals surface area contributed by atoms with Gasteiger partial charge in [-0.05, 0) is 49.1 Å². The molecule has 1 saturated heterocycles. The summed E-state index contributed by atoms with van der Waals surface area (Å²) < 4.78 is 12.7. The lowest BCUT2D eigenvalue weighted by Gasteiger charge is -2.32. The van der Waals surface area contributed by atoms with Crippen molar-refractivity contribution in [2.75, 3.05) is 37.9 Å². The van der Waals surface area contributed by atoms with Crippen molar-refractivity contribution in [3.05, 3.63) is 65.9 Å². The quantitative estimate of drug-likeness (QED) is 0.547. The molecular weight excluding hydrogens is 418 g/mol. The molecule has 0 radical (unpaired) electrons. The van der Waals surface area contributed by atoms with Gasteiger partial charge in [-0.1, -0.05) is 24.3 Å². The van der Waals surface area contributed by atoms with Crippen molar-refractivity contribution in [1.29, 1.82) is 0 Å². The summed E-state index contributed by atoms with van der Waals surface area (Å²) in [5.74, 6) is 2.20. The van der Waals surface area contributed by atoms with E-state index in [1.807, 2.05) is 54.1 Å². The number of likely N-dealkylation sites (tertiary alicyclic amines) is 1. The molecule has 1 fully saturated rings. The monoisotopic (exact) mass is 449 g/mol. The molecule has 8 heteroatoms. The normalized spacial score (nSPS) is 14.6. The number of anilines is 2. The molecule has 1 aliphatic rings. The molecule has 1 aliphatic heterocycles. The standard InChI is InChI=1S/C25H31N5O3/c1-18-6-4-5-7-21(18)27-25(31)28-24-10-13-26-30(24)20-11-14-29(15-12-20)17-19-8-9-22(32-2)23(16-19)33-3/h4-10,13,16,20H,11-12,14-15,17H2,1-3H3,(H2,27,28,31). The van der Waals surface area contributed by atoms with E-state index in [0.29, 0.717) is 5.82 Å². The molecule has 2 aromatic carbocycles. The number of piperidine rings is 1. The average Bonchev–Trinajstić information content (AvgIpc) is 3.29. The Labute approximate surface area is 194 Å². The van der Waals surface area contributed by atoms with Crippen LogP contribution in [0, 0.1) is 6.92 Å². The van der Waals surface area contributed by atoms with Gasteiger partial charge >= 0.3 is 6.03 Å². The van der Waals surface area contributed by atoms with Gasteiger partial charge in [-0.3, -0.25) is 10.2 Å². The van der Waals surface area contributed by atoms with Crippen LogP contribution >= 0.6 is 0 Å². The lowest BCUT2D eigenvalue weighted by Crippen LogP contribution is -2.35. The number of benzene rings is 2. The van der Waals surface area contributed by atoms with E-state index in [-0.39, 0.29) is 12.1 Å². The highest BCUT2D eigenvalue weighted by Gasteiger charge is 2.23. The van der Waals surface area contributed by atoms with Crippen LogP contribution in [0.25, 0.3) is 0 Å². The first-order valence-corrected chi connectivity index (χ1v) is 11.2. The maximum atomic E-state index is 12.5. The largest absolute Gasteiger partial charge is 0.493 e. The van der Waals surface area contributed by atoms with Gasteiger partial charge in [0.15, 0.2) is 11.5 Å². The first-order valence-electron chi connectivity index (χ1n) is 11.2. The molecule has 3 aromatic rings. The number of ether oxygens (including phenoxy) is 2. The lowest BCUT2D eigenvalue weighted by atomic mass is 10.0. The number of nitrogens with zero attached hydrogens (tertiary/aromatic N) is 3. The number of para-hydroxylation sites is 1. The maximum Gasteiger partial charge on any atom is 0.324 e. The Morgan fingerprint density at radius 1 is 1.03 bits per heavy atom. The van der Waals surface area contributed by atoms with Gasteiger partial charge in [0, 0.05) is 31.4 Å². The van der Waals surface area contributed by atoms with Crippen LogP contribution in [-0.4, -0.2) is 48.0 Å². The molecular formula is C25H31N5O3. The van der Waals surface area contributed by atoms with E-state index < -0.39 is 0 Å². The summed E-state index contributed by atoms with van der Waals surface area (Å²) in [6.45, 7) is 4.73. The van der Waals surface area contributed by atoms with Gasteiger partial charge in [-0.25, -0.2) is 9.48 Å². The van der Waals surface area contributed by atoms with E-state index in [0.717, 1.165) is 55.2 Å². The van der Waals surface area contributed by atoms with Crippen LogP contribution in [-0.2, 0) is 6.54 Å². The minimum Gasteiger partial charge on any atom is -0.493 e. The van der Waals surface area contributed by atoms with Crippen molar-refractivity contribution in [2.24, 2.45) is 0 Å². The molecule has 2 amide bonds. The third-order valence-corrected chi connectivity index (χ3v) is 6.06. The van der Waals surface area contributed by atoms with Gasteiger partial charge < -0.3 is 14.8 Å². The lowest BCUT2D eigenvalue weighted by molar-refractivity contribution is 0.174. The van der Waals surface area contributed by atoms with Crippen LogP contribution in [0.3, 0.4) is 0 Å². The Bertz CT molecular complexity index is 1090. The Kier molecular flexibility index (Phi) is 7.14.